The van der Waals surface area contributed by atoms with E-state index in [1.165, 1.54) is 0 Å². The number of sulfone groups is 1. The minimum absolute atomic E-state index is 0.118. The first-order valence-electron chi connectivity index (χ1n) is 7.02. The second kappa shape index (κ2) is 6.06. The Kier molecular flexibility index (Phi) is 4.63. The fourth-order valence-corrected chi connectivity index (χ4v) is 4.94. The molecule has 1 aromatic rings. The molecule has 0 radical (unpaired) electrons. The van der Waals surface area contributed by atoms with Crippen LogP contribution >= 0.6 is 0 Å². The van der Waals surface area contributed by atoms with Gasteiger partial charge in [-0.3, -0.25) is 0 Å². The fourth-order valence-electron chi connectivity index (χ4n) is 2.89. The zero-order valence-electron chi connectivity index (χ0n) is 11.5. The summed E-state index contributed by atoms with van der Waals surface area (Å²) in [4.78, 5) is 0. The zero-order chi connectivity index (χ0) is 13.9. The summed E-state index contributed by atoms with van der Waals surface area (Å²) in [5, 5.41) is -0.365. The van der Waals surface area contributed by atoms with Crippen LogP contribution in [-0.4, -0.2) is 19.7 Å². The molecule has 0 bridgehead atoms. The van der Waals surface area contributed by atoms with E-state index in [1.807, 2.05) is 31.2 Å². The average molecular weight is 281 g/mol. The summed E-state index contributed by atoms with van der Waals surface area (Å²) in [6.07, 6.45) is 4.68. The molecular weight excluding hydrogens is 258 g/mol. The van der Waals surface area contributed by atoms with Crippen LogP contribution in [0.3, 0.4) is 0 Å². The first-order chi connectivity index (χ1) is 8.99. The van der Waals surface area contributed by atoms with E-state index in [0.29, 0.717) is 0 Å². The van der Waals surface area contributed by atoms with Crippen molar-refractivity contribution in [2.75, 3.05) is 0 Å². The van der Waals surface area contributed by atoms with Crippen molar-refractivity contribution >= 4 is 9.84 Å². The van der Waals surface area contributed by atoms with Gasteiger partial charge < -0.3 is 5.73 Å². The standard InChI is InChI=1S/C15H23NO2S/c1-12-6-5-7-13(10-12)11-19(17,18)15-9-4-2-3-8-14(15)16/h5-7,10,14-15H,2-4,8-9,11,16H2,1H3. The van der Waals surface area contributed by atoms with Crippen molar-refractivity contribution in [3.63, 3.8) is 0 Å². The molecule has 1 saturated carbocycles. The molecule has 0 saturated heterocycles. The van der Waals surface area contributed by atoms with Gasteiger partial charge in [0.25, 0.3) is 0 Å². The lowest BCUT2D eigenvalue weighted by atomic mass is 10.1. The topological polar surface area (TPSA) is 60.2 Å². The van der Waals surface area contributed by atoms with Gasteiger partial charge in [0.05, 0.1) is 11.0 Å². The molecule has 1 aliphatic carbocycles. The molecule has 2 atom stereocenters. The predicted molar refractivity (Wildman–Crippen MR) is 78.7 cm³/mol. The third kappa shape index (κ3) is 3.80. The summed E-state index contributed by atoms with van der Waals surface area (Å²) in [7, 11) is -3.15. The third-order valence-electron chi connectivity index (χ3n) is 3.92. The van der Waals surface area contributed by atoms with Crippen LogP contribution in [0.15, 0.2) is 24.3 Å². The lowest BCUT2D eigenvalue weighted by molar-refractivity contribution is 0.530. The molecule has 1 aromatic carbocycles. The van der Waals surface area contributed by atoms with Gasteiger partial charge in [-0.05, 0) is 25.3 Å². The summed E-state index contributed by atoms with van der Waals surface area (Å²) in [5.41, 5.74) is 8.04. The Morgan fingerprint density at radius 1 is 1.21 bits per heavy atom. The van der Waals surface area contributed by atoms with Gasteiger partial charge in [-0.15, -0.1) is 0 Å². The first-order valence-corrected chi connectivity index (χ1v) is 8.73. The molecule has 19 heavy (non-hydrogen) atoms. The van der Waals surface area contributed by atoms with Crippen molar-refractivity contribution in [3.8, 4) is 0 Å². The number of hydrogen-bond donors (Lipinski definition) is 1. The third-order valence-corrected chi connectivity index (χ3v) is 6.16. The Labute approximate surface area is 116 Å². The smallest absolute Gasteiger partial charge is 0.158 e. The number of benzene rings is 1. The fraction of sp³-hybridized carbons (Fsp3) is 0.600. The molecular formula is C15H23NO2S. The minimum Gasteiger partial charge on any atom is -0.327 e. The summed E-state index contributed by atoms with van der Waals surface area (Å²) in [6, 6.07) is 7.52. The quantitative estimate of drug-likeness (QED) is 0.866. The SMILES string of the molecule is Cc1cccc(CS(=O)(=O)C2CCCCCC2N)c1. The van der Waals surface area contributed by atoms with Gasteiger partial charge in [0.2, 0.25) is 0 Å². The van der Waals surface area contributed by atoms with Gasteiger partial charge in [-0.2, -0.15) is 0 Å². The molecule has 2 rings (SSSR count). The highest BCUT2D eigenvalue weighted by atomic mass is 32.2. The molecule has 4 heteroatoms. The lowest BCUT2D eigenvalue weighted by Crippen LogP contribution is -2.40. The van der Waals surface area contributed by atoms with Crippen LogP contribution < -0.4 is 5.73 Å². The van der Waals surface area contributed by atoms with E-state index < -0.39 is 9.84 Å². The van der Waals surface area contributed by atoms with Gasteiger partial charge in [0.1, 0.15) is 0 Å². The van der Waals surface area contributed by atoms with Crippen molar-refractivity contribution in [1.82, 2.24) is 0 Å². The Hall–Kier alpha value is -0.870. The van der Waals surface area contributed by atoms with Crippen molar-refractivity contribution < 1.29 is 8.42 Å². The van der Waals surface area contributed by atoms with Gasteiger partial charge >= 0.3 is 0 Å². The average Bonchev–Trinajstić information content (AvgIpc) is 2.53. The van der Waals surface area contributed by atoms with Crippen molar-refractivity contribution in [2.45, 2.75) is 56.1 Å². The van der Waals surface area contributed by atoms with Crippen LogP contribution in [0.25, 0.3) is 0 Å². The number of rotatable bonds is 3. The van der Waals surface area contributed by atoms with Crippen LogP contribution in [0.2, 0.25) is 0 Å². The van der Waals surface area contributed by atoms with E-state index in [9.17, 15) is 8.42 Å². The summed E-state index contributed by atoms with van der Waals surface area (Å²) in [5.74, 6) is 0.118. The van der Waals surface area contributed by atoms with Gasteiger partial charge in [0, 0.05) is 6.04 Å². The van der Waals surface area contributed by atoms with Crippen molar-refractivity contribution in [2.24, 2.45) is 5.73 Å². The lowest BCUT2D eigenvalue weighted by Gasteiger charge is -2.21. The van der Waals surface area contributed by atoms with E-state index in [2.05, 4.69) is 0 Å². The Morgan fingerprint density at radius 3 is 2.68 bits per heavy atom. The number of aryl methyl sites for hydroxylation is 1. The summed E-state index contributed by atoms with van der Waals surface area (Å²) < 4.78 is 25.1. The minimum atomic E-state index is -3.15. The highest BCUT2D eigenvalue weighted by molar-refractivity contribution is 7.91. The van der Waals surface area contributed by atoms with Crippen LogP contribution in [0.1, 0.15) is 43.2 Å². The molecule has 106 valence electrons. The number of hydrogen-bond acceptors (Lipinski definition) is 3. The Morgan fingerprint density at radius 2 is 1.95 bits per heavy atom. The molecule has 0 aromatic heterocycles. The Balaban J connectivity index is 2.17. The van der Waals surface area contributed by atoms with Crippen molar-refractivity contribution in [3.05, 3.63) is 35.4 Å². The van der Waals surface area contributed by atoms with E-state index in [1.54, 1.807) is 0 Å². The molecule has 2 unspecified atom stereocenters. The Bertz CT molecular complexity index is 525. The highest BCUT2D eigenvalue weighted by Crippen LogP contribution is 2.25. The monoisotopic (exact) mass is 281 g/mol. The highest BCUT2D eigenvalue weighted by Gasteiger charge is 2.32. The largest absolute Gasteiger partial charge is 0.327 e. The van der Waals surface area contributed by atoms with Gasteiger partial charge in [0.15, 0.2) is 9.84 Å². The second-order valence-electron chi connectivity index (χ2n) is 5.64. The molecule has 2 N–H and O–H groups in total. The van der Waals surface area contributed by atoms with Crippen LogP contribution in [0.5, 0.6) is 0 Å². The molecule has 1 aliphatic rings. The van der Waals surface area contributed by atoms with E-state index >= 15 is 0 Å². The van der Waals surface area contributed by atoms with Gasteiger partial charge in [-0.1, -0.05) is 49.1 Å². The molecule has 0 amide bonds. The molecule has 0 heterocycles. The number of nitrogens with two attached hydrogens (primary N) is 1. The maximum Gasteiger partial charge on any atom is 0.158 e. The van der Waals surface area contributed by atoms with Gasteiger partial charge in [-0.25, -0.2) is 8.42 Å². The van der Waals surface area contributed by atoms with E-state index in [0.717, 1.165) is 43.2 Å². The molecule has 0 aliphatic heterocycles. The molecule has 1 fully saturated rings. The summed E-state index contributed by atoms with van der Waals surface area (Å²) >= 11 is 0. The second-order valence-corrected chi connectivity index (χ2v) is 7.86. The van der Waals surface area contributed by atoms with Crippen LogP contribution in [-0.2, 0) is 15.6 Å². The summed E-state index contributed by atoms with van der Waals surface area (Å²) in [6.45, 7) is 1.98. The maximum atomic E-state index is 12.5. The molecule has 0 spiro atoms. The van der Waals surface area contributed by atoms with Crippen LogP contribution in [0.4, 0.5) is 0 Å². The predicted octanol–water partition coefficient (Wildman–Crippen LogP) is 2.57. The first kappa shape index (κ1) is 14.5. The molecule has 3 nitrogen and oxygen atoms in total. The zero-order valence-corrected chi connectivity index (χ0v) is 12.3. The van der Waals surface area contributed by atoms with Crippen LogP contribution in [0, 0.1) is 6.92 Å². The maximum absolute atomic E-state index is 12.5. The van der Waals surface area contributed by atoms with Crippen molar-refractivity contribution in [1.29, 1.82) is 0 Å². The van der Waals surface area contributed by atoms with E-state index in [-0.39, 0.29) is 17.0 Å². The van der Waals surface area contributed by atoms with E-state index in [4.69, 9.17) is 5.73 Å². The normalized spacial score (nSPS) is 24.9.